The van der Waals surface area contributed by atoms with E-state index in [1.165, 1.54) is 0 Å². The molecule has 2 N–H and O–H groups in total. The maximum absolute atomic E-state index is 4.35. The van der Waals surface area contributed by atoms with E-state index in [2.05, 4.69) is 27.4 Å². The summed E-state index contributed by atoms with van der Waals surface area (Å²) in [4.78, 5) is 4.35. The summed E-state index contributed by atoms with van der Waals surface area (Å²) >= 11 is 0. The molecule has 1 aromatic carbocycles. The predicted molar refractivity (Wildman–Crippen MR) is 72.4 cm³/mol. The van der Waals surface area contributed by atoms with Crippen LogP contribution in [-0.2, 0) is 0 Å². The number of aromatic nitrogens is 3. The van der Waals surface area contributed by atoms with Crippen LogP contribution in [0.2, 0.25) is 0 Å². The zero-order valence-corrected chi connectivity index (χ0v) is 10.1. The number of hydrogen-bond acceptors (Lipinski definition) is 3. The van der Waals surface area contributed by atoms with Gasteiger partial charge in [-0.05, 0) is 25.1 Å². The van der Waals surface area contributed by atoms with E-state index < -0.39 is 0 Å². The molecule has 3 rings (SSSR count). The van der Waals surface area contributed by atoms with Crippen LogP contribution in [0.3, 0.4) is 0 Å². The number of nitrogens with one attached hydrogen (secondary N) is 2. The van der Waals surface area contributed by atoms with Gasteiger partial charge in [-0.25, -0.2) is 0 Å². The zero-order valence-electron chi connectivity index (χ0n) is 10.1. The van der Waals surface area contributed by atoms with Gasteiger partial charge in [0.2, 0.25) is 0 Å². The maximum Gasteiger partial charge on any atom is 0.0881 e. The smallest absolute Gasteiger partial charge is 0.0881 e. The molecule has 2 heterocycles. The molecule has 0 aliphatic rings. The van der Waals surface area contributed by atoms with Crippen LogP contribution in [-0.4, -0.2) is 15.2 Å². The zero-order chi connectivity index (χ0) is 12.4. The Morgan fingerprint density at radius 3 is 2.94 bits per heavy atom. The number of hydrogen-bond donors (Lipinski definition) is 2. The van der Waals surface area contributed by atoms with E-state index in [0.717, 1.165) is 22.3 Å². The number of H-pyrrole nitrogens is 1. The summed E-state index contributed by atoms with van der Waals surface area (Å²) in [6, 6.07) is 12.2. The Kier molecular flexibility index (Phi) is 2.68. The first-order valence-corrected chi connectivity index (χ1v) is 5.94. The summed E-state index contributed by atoms with van der Waals surface area (Å²) in [6.07, 6.45) is 3.64. The van der Waals surface area contributed by atoms with Gasteiger partial charge in [-0.2, -0.15) is 5.10 Å². The topological polar surface area (TPSA) is 53.6 Å². The number of para-hydroxylation sites is 1. The predicted octanol–water partition coefficient (Wildman–Crippen LogP) is 3.13. The van der Waals surface area contributed by atoms with Crippen LogP contribution >= 0.6 is 0 Å². The van der Waals surface area contributed by atoms with Crippen LogP contribution < -0.4 is 5.32 Å². The van der Waals surface area contributed by atoms with Crippen molar-refractivity contribution in [3.63, 3.8) is 0 Å². The molecule has 0 spiro atoms. The van der Waals surface area contributed by atoms with E-state index >= 15 is 0 Å². The van der Waals surface area contributed by atoms with Gasteiger partial charge in [0.25, 0.3) is 0 Å². The monoisotopic (exact) mass is 238 g/mol. The molecule has 0 aliphatic heterocycles. The molecule has 1 unspecified atom stereocenters. The van der Waals surface area contributed by atoms with Crippen molar-refractivity contribution in [2.45, 2.75) is 13.0 Å². The molecule has 0 bridgehead atoms. The fourth-order valence-electron chi connectivity index (χ4n) is 2.03. The lowest BCUT2D eigenvalue weighted by molar-refractivity contribution is 0.840. The highest BCUT2D eigenvalue weighted by Gasteiger charge is 2.08. The Morgan fingerprint density at radius 1 is 1.17 bits per heavy atom. The van der Waals surface area contributed by atoms with Crippen molar-refractivity contribution in [2.24, 2.45) is 0 Å². The molecule has 0 fully saturated rings. The van der Waals surface area contributed by atoms with E-state index in [4.69, 9.17) is 0 Å². The first kappa shape index (κ1) is 10.8. The summed E-state index contributed by atoms with van der Waals surface area (Å²) in [6.45, 7) is 2.09. The summed E-state index contributed by atoms with van der Waals surface area (Å²) in [7, 11) is 0. The largest absolute Gasteiger partial charge is 0.375 e. The molecule has 1 atom stereocenters. The molecule has 4 heteroatoms. The van der Waals surface area contributed by atoms with Crippen LogP contribution in [0.5, 0.6) is 0 Å². The van der Waals surface area contributed by atoms with E-state index in [9.17, 15) is 0 Å². The molecule has 2 aromatic heterocycles. The summed E-state index contributed by atoms with van der Waals surface area (Å²) in [5.74, 6) is 0. The fourth-order valence-corrected chi connectivity index (χ4v) is 2.03. The van der Waals surface area contributed by atoms with Crippen LogP contribution in [0.1, 0.15) is 18.7 Å². The molecular weight excluding hydrogens is 224 g/mol. The Hall–Kier alpha value is -2.36. The SMILES string of the molecule is CC(Nc1cccc2cn[nH]c12)c1ccccn1. The third kappa shape index (κ3) is 1.93. The van der Waals surface area contributed by atoms with E-state index in [1.807, 2.05) is 48.8 Å². The number of nitrogens with zero attached hydrogens (tertiary/aromatic N) is 2. The molecule has 0 radical (unpaired) electrons. The second kappa shape index (κ2) is 4.49. The van der Waals surface area contributed by atoms with Gasteiger partial charge < -0.3 is 5.32 Å². The van der Waals surface area contributed by atoms with Gasteiger partial charge in [-0.15, -0.1) is 0 Å². The quantitative estimate of drug-likeness (QED) is 0.737. The summed E-state index contributed by atoms with van der Waals surface area (Å²) < 4.78 is 0. The second-order valence-electron chi connectivity index (χ2n) is 4.26. The van der Waals surface area contributed by atoms with Crippen LogP contribution in [0.4, 0.5) is 5.69 Å². The van der Waals surface area contributed by atoms with Crippen LogP contribution in [0, 0.1) is 0 Å². The van der Waals surface area contributed by atoms with Gasteiger partial charge in [0.15, 0.2) is 0 Å². The fraction of sp³-hybridized carbons (Fsp3) is 0.143. The summed E-state index contributed by atoms with van der Waals surface area (Å²) in [5, 5.41) is 11.6. The lowest BCUT2D eigenvalue weighted by atomic mass is 10.1. The third-order valence-electron chi connectivity index (χ3n) is 2.98. The number of benzene rings is 1. The van der Waals surface area contributed by atoms with Crippen molar-refractivity contribution < 1.29 is 0 Å². The van der Waals surface area contributed by atoms with Gasteiger partial charge >= 0.3 is 0 Å². The van der Waals surface area contributed by atoms with Gasteiger partial charge in [-0.1, -0.05) is 18.2 Å². The number of fused-ring (bicyclic) bond motifs is 1. The Labute approximate surface area is 105 Å². The minimum Gasteiger partial charge on any atom is -0.375 e. The van der Waals surface area contributed by atoms with Crippen molar-refractivity contribution in [1.82, 2.24) is 15.2 Å². The van der Waals surface area contributed by atoms with E-state index in [-0.39, 0.29) is 6.04 Å². The minimum absolute atomic E-state index is 0.153. The standard InChI is InChI=1S/C14H14N4/c1-10(12-6-2-3-8-15-12)17-13-7-4-5-11-9-16-18-14(11)13/h2-10,17H,1H3,(H,16,18). The molecule has 4 nitrogen and oxygen atoms in total. The molecule has 3 aromatic rings. The average Bonchev–Trinajstić information content (AvgIpc) is 2.89. The Morgan fingerprint density at radius 2 is 2.11 bits per heavy atom. The van der Waals surface area contributed by atoms with Crippen LogP contribution in [0.25, 0.3) is 10.9 Å². The number of anilines is 1. The third-order valence-corrected chi connectivity index (χ3v) is 2.98. The van der Waals surface area contributed by atoms with Gasteiger partial charge in [0.1, 0.15) is 0 Å². The molecule has 0 amide bonds. The van der Waals surface area contributed by atoms with Gasteiger partial charge in [0, 0.05) is 11.6 Å². The first-order chi connectivity index (χ1) is 8.84. The van der Waals surface area contributed by atoms with Crippen molar-refractivity contribution in [3.8, 4) is 0 Å². The number of rotatable bonds is 3. The minimum atomic E-state index is 0.153. The normalized spacial score (nSPS) is 12.5. The first-order valence-electron chi connectivity index (χ1n) is 5.94. The lowest BCUT2D eigenvalue weighted by Gasteiger charge is -2.15. The van der Waals surface area contributed by atoms with Crippen molar-refractivity contribution in [2.75, 3.05) is 5.32 Å². The maximum atomic E-state index is 4.35. The second-order valence-corrected chi connectivity index (χ2v) is 4.26. The summed E-state index contributed by atoms with van der Waals surface area (Å²) in [5.41, 5.74) is 3.09. The van der Waals surface area contributed by atoms with Crippen molar-refractivity contribution in [1.29, 1.82) is 0 Å². The molecule has 90 valence electrons. The molecular formula is C14H14N4. The highest BCUT2D eigenvalue weighted by Crippen LogP contribution is 2.24. The number of pyridine rings is 1. The molecule has 0 saturated heterocycles. The van der Waals surface area contributed by atoms with Crippen molar-refractivity contribution in [3.05, 3.63) is 54.5 Å². The highest BCUT2D eigenvalue weighted by atomic mass is 15.1. The van der Waals surface area contributed by atoms with E-state index in [1.54, 1.807) is 0 Å². The Balaban J connectivity index is 1.91. The van der Waals surface area contributed by atoms with E-state index in [0.29, 0.717) is 0 Å². The molecule has 0 saturated carbocycles. The average molecular weight is 238 g/mol. The number of aromatic amines is 1. The molecule has 18 heavy (non-hydrogen) atoms. The molecule has 0 aliphatic carbocycles. The van der Waals surface area contributed by atoms with Gasteiger partial charge in [0.05, 0.1) is 29.1 Å². The van der Waals surface area contributed by atoms with Crippen molar-refractivity contribution >= 4 is 16.6 Å². The lowest BCUT2D eigenvalue weighted by Crippen LogP contribution is -2.08. The van der Waals surface area contributed by atoms with Crippen LogP contribution in [0.15, 0.2) is 48.8 Å². The van der Waals surface area contributed by atoms with Gasteiger partial charge in [-0.3, -0.25) is 10.1 Å². The Bertz CT molecular complexity index is 645. The highest BCUT2D eigenvalue weighted by molar-refractivity contribution is 5.90.